The minimum absolute atomic E-state index is 0.0222. The molecule has 4 aromatic rings. The van der Waals surface area contributed by atoms with Gasteiger partial charge in [0.2, 0.25) is 0 Å². The first-order valence-electron chi connectivity index (χ1n) is 19.4. The summed E-state index contributed by atoms with van der Waals surface area (Å²) in [6.07, 6.45) is 13.8. The summed E-state index contributed by atoms with van der Waals surface area (Å²) in [6.45, 7) is 12.1. The van der Waals surface area contributed by atoms with Crippen molar-refractivity contribution in [2.45, 2.75) is 104 Å². The number of hydrogen-bond acceptors (Lipinski definition) is 2. The van der Waals surface area contributed by atoms with E-state index >= 15 is 0 Å². The normalized spacial score (nSPS) is 31.7. The van der Waals surface area contributed by atoms with Crippen LogP contribution in [-0.4, -0.2) is 0 Å². The molecule has 4 saturated carbocycles. The van der Waals surface area contributed by atoms with E-state index in [0.29, 0.717) is 10.8 Å². The van der Waals surface area contributed by atoms with Crippen molar-refractivity contribution in [3.05, 3.63) is 119 Å². The highest BCUT2D eigenvalue weighted by atomic mass is 16.5. The molecule has 0 aliphatic heterocycles. The highest BCUT2D eigenvalue weighted by molar-refractivity contribution is 5.46. The molecule has 0 saturated heterocycles. The Labute approximate surface area is 295 Å². The van der Waals surface area contributed by atoms with Crippen LogP contribution in [0.25, 0.3) is 0 Å². The molecule has 7 atom stereocenters. The first kappa shape index (κ1) is 32.7. The van der Waals surface area contributed by atoms with Crippen LogP contribution < -0.4 is 9.47 Å². The molecule has 49 heavy (non-hydrogen) atoms. The first-order chi connectivity index (χ1) is 23.7. The molecule has 2 heteroatoms. The first-order valence-corrected chi connectivity index (χ1v) is 19.4. The molecular formula is C47H56O2. The average molecular weight is 653 g/mol. The largest absolute Gasteiger partial charge is 0.457 e. The molecule has 4 aliphatic carbocycles. The van der Waals surface area contributed by atoms with E-state index in [9.17, 15) is 0 Å². The summed E-state index contributed by atoms with van der Waals surface area (Å²) in [5.74, 6) is 8.02. The quantitative estimate of drug-likeness (QED) is 0.198. The van der Waals surface area contributed by atoms with Gasteiger partial charge in [-0.15, -0.1) is 0 Å². The lowest BCUT2D eigenvalue weighted by Gasteiger charge is -2.63. The van der Waals surface area contributed by atoms with Crippen LogP contribution in [0, 0.1) is 54.3 Å². The molecule has 4 fully saturated rings. The van der Waals surface area contributed by atoms with Gasteiger partial charge in [0.05, 0.1) is 0 Å². The summed E-state index contributed by atoms with van der Waals surface area (Å²) in [6, 6.07) is 34.9. The Balaban J connectivity index is 1.10. The summed E-state index contributed by atoms with van der Waals surface area (Å²) in [7, 11) is 0. The van der Waals surface area contributed by atoms with E-state index in [2.05, 4.69) is 132 Å². The van der Waals surface area contributed by atoms with E-state index in [1.807, 2.05) is 0 Å². The maximum atomic E-state index is 6.30. The van der Waals surface area contributed by atoms with Gasteiger partial charge in [0, 0.05) is 5.41 Å². The molecule has 4 aromatic carbocycles. The van der Waals surface area contributed by atoms with Gasteiger partial charge in [0.15, 0.2) is 0 Å². The zero-order chi connectivity index (χ0) is 33.8. The van der Waals surface area contributed by atoms with Crippen molar-refractivity contribution in [1.82, 2.24) is 0 Å². The summed E-state index contributed by atoms with van der Waals surface area (Å²) in [5.41, 5.74) is 6.34. The van der Waals surface area contributed by atoms with Crippen LogP contribution in [-0.2, 0) is 5.41 Å². The molecular weight excluding hydrogens is 597 g/mol. The van der Waals surface area contributed by atoms with Crippen LogP contribution >= 0.6 is 0 Å². The Kier molecular flexibility index (Phi) is 8.45. The van der Waals surface area contributed by atoms with E-state index in [4.69, 9.17) is 9.47 Å². The monoisotopic (exact) mass is 652 g/mol. The second kappa shape index (κ2) is 12.7. The molecule has 0 bridgehead atoms. The standard InChI is InChI=1S/C47H56O2/c1-6-34-16-26-43-42-25-15-37-31-47(30-29-46(37,5)44(42)27-28-45(34,43)4,35-11-21-40(22-12-35)48-38-17-7-32(2)8-18-38)36-13-23-41(24-14-36)49-39-19-9-33(3)10-20-39/h7-14,17-24,34,37,42-44H,6,15-16,25-31H2,1-5H3. The molecule has 256 valence electrons. The van der Waals surface area contributed by atoms with Gasteiger partial charge in [-0.1, -0.05) is 86.8 Å². The van der Waals surface area contributed by atoms with Gasteiger partial charge >= 0.3 is 0 Å². The van der Waals surface area contributed by atoms with E-state index < -0.39 is 0 Å². The maximum Gasteiger partial charge on any atom is 0.127 e. The molecule has 0 amide bonds. The molecule has 8 rings (SSSR count). The van der Waals surface area contributed by atoms with Crippen molar-refractivity contribution < 1.29 is 9.47 Å². The third-order valence-corrected chi connectivity index (χ3v) is 14.8. The van der Waals surface area contributed by atoms with Crippen LogP contribution in [0.1, 0.15) is 107 Å². The van der Waals surface area contributed by atoms with Gasteiger partial charge in [-0.25, -0.2) is 0 Å². The van der Waals surface area contributed by atoms with E-state index in [1.54, 1.807) is 0 Å². The topological polar surface area (TPSA) is 18.5 Å². The van der Waals surface area contributed by atoms with Crippen LogP contribution in [0.3, 0.4) is 0 Å². The van der Waals surface area contributed by atoms with Crippen molar-refractivity contribution >= 4 is 0 Å². The van der Waals surface area contributed by atoms with Gasteiger partial charge in [-0.05, 0) is 172 Å². The number of benzene rings is 4. The summed E-state index contributed by atoms with van der Waals surface area (Å²) < 4.78 is 12.6. The lowest BCUT2D eigenvalue weighted by Crippen LogP contribution is -2.55. The van der Waals surface area contributed by atoms with E-state index in [1.165, 1.54) is 86.5 Å². The van der Waals surface area contributed by atoms with Crippen LogP contribution in [0.5, 0.6) is 23.0 Å². The Morgan fingerprint density at radius 1 is 0.531 bits per heavy atom. The smallest absolute Gasteiger partial charge is 0.127 e. The summed E-state index contributed by atoms with van der Waals surface area (Å²) in [5, 5.41) is 0. The van der Waals surface area contributed by atoms with Crippen LogP contribution in [0.2, 0.25) is 0 Å². The minimum atomic E-state index is -0.0222. The van der Waals surface area contributed by atoms with Gasteiger partial charge in [-0.3, -0.25) is 0 Å². The Morgan fingerprint density at radius 2 is 1.02 bits per heavy atom. The van der Waals surface area contributed by atoms with Gasteiger partial charge in [-0.2, -0.15) is 0 Å². The van der Waals surface area contributed by atoms with Gasteiger partial charge in [0.25, 0.3) is 0 Å². The maximum absolute atomic E-state index is 6.30. The number of rotatable bonds is 7. The minimum Gasteiger partial charge on any atom is -0.457 e. The fourth-order valence-corrected chi connectivity index (χ4v) is 11.9. The molecule has 0 N–H and O–H groups in total. The molecule has 0 radical (unpaired) electrons. The van der Waals surface area contributed by atoms with Gasteiger partial charge < -0.3 is 9.47 Å². The predicted molar refractivity (Wildman–Crippen MR) is 202 cm³/mol. The fourth-order valence-electron chi connectivity index (χ4n) is 11.9. The second-order valence-electron chi connectivity index (χ2n) is 17.0. The number of ether oxygens (including phenoxy) is 2. The third-order valence-electron chi connectivity index (χ3n) is 14.8. The summed E-state index contributed by atoms with van der Waals surface area (Å²) in [4.78, 5) is 0. The average Bonchev–Trinajstić information content (AvgIpc) is 3.47. The highest BCUT2D eigenvalue weighted by Crippen LogP contribution is 2.69. The number of hydrogen-bond donors (Lipinski definition) is 0. The lowest BCUT2D eigenvalue weighted by atomic mass is 9.42. The number of fused-ring (bicyclic) bond motifs is 5. The van der Waals surface area contributed by atoms with Crippen molar-refractivity contribution in [1.29, 1.82) is 0 Å². The van der Waals surface area contributed by atoms with E-state index in [-0.39, 0.29) is 5.41 Å². The molecule has 7 unspecified atom stereocenters. The zero-order valence-electron chi connectivity index (χ0n) is 30.5. The predicted octanol–water partition coefficient (Wildman–Crippen LogP) is 13.2. The van der Waals surface area contributed by atoms with Crippen molar-refractivity contribution in [3.63, 3.8) is 0 Å². The second-order valence-corrected chi connectivity index (χ2v) is 17.0. The van der Waals surface area contributed by atoms with Gasteiger partial charge in [0.1, 0.15) is 23.0 Å². The SMILES string of the molecule is CCC1CCC2C3CCC4CC(c5ccc(Oc6ccc(C)cc6)cc5)(c5ccc(Oc6ccc(C)cc6)cc5)CCC4(C)C3CCC12C. The Bertz CT molecular complexity index is 1650. The Morgan fingerprint density at radius 3 is 1.53 bits per heavy atom. The van der Waals surface area contributed by atoms with Crippen molar-refractivity contribution in [2.75, 3.05) is 0 Å². The molecule has 4 aliphatic rings. The molecule has 0 spiro atoms. The molecule has 0 aromatic heterocycles. The zero-order valence-corrected chi connectivity index (χ0v) is 30.5. The number of aryl methyl sites for hydroxylation is 2. The van der Waals surface area contributed by atoms with Crippen LogP contribution in [0.4, 0.5) is 0 Å². The van der Waals surface area contributed by atoms with Crippen LogP contribution in [0.15, 0.2) is 97.1 Å². The van der Waals surface area contributed by atoms with Crippen molar-refractivity contribution in [2.24, 2.45) is 40.4 Å². The molecule has 0 heterocycles. The third kappa shape index (κ3) is 5.72. The lowest BCUT2D eigenvalue weighted by molar-refractivity contribution is -0.119. The fraction of sp³-hybridized carbons (Fsp3) is 0.489. The Hall–Kier alpha value is -3.52. The molecule has 2 nitrogen and oxygen atoms in total. The van der Waals surface area contributed by atoms with Crippen molar-refractivity contribution in [3.8, 4) is 23.0 Å². The van der Waals surface area contributed by atoms with E-state index in [0.717, 1.165) is 52.6 Å². The highest BCUT2D eigenvalue weighted by Gasteiger charge is 2.61. The summed E-state index contributed by atoms with van der Waals surface area (Å²) >= 11 is 0.